The number of nitrogens with zero attached hydrogens (tertiary/aromatic N) is 4. The van der Waals surface area contributed by atoms with Gasteiger partial charge in [0.25, 0.3) is 5.91 Å². The molecule has 0 atom stereocenters. The number of pyridine rings is 2. The Morgan fingerprint density at radius 1 is 0.963 bits per heavy atom. The molecule has 0 saturated heterocycles. The van der Waals surface area contributed by atoms with Crippen molar-refractivity contribution >= 4 is 46.4 Å². The fourth-order valence-corrected chi connectivity index (χ4v) is 2.51. The minimum Gasteiger partial charge on any atom is -0.323 e. The average molecular weight is 405 g/mol. The summed E-state index contributed by atoms with van der Waals surface area (Å²) < 4.78 is 1.50. The van der Waals surface area contributed by atoms with E-state index in [1.807, 2.05) is 0 Å². The summed E-state index contributed by atoms with van der Waals surface area (Å²) in [4.78, 5) is 32.0. The zero-order chi connectivity index (χ0) is 19.2. The van der Waals surface area contributed by atoms with Crippen molar-refractivity contribution in [2.24, 2.45) is 0 Å². The molecule has 0 saturated carbocycles. The number of aryl methyl sites for hydroxylation is 1. The first-order chi connectivity index (χ1) is 13.0. The van der Waals surface area contributed by atoms with Crippen LogP contribution in [0.2, 0.25) is 10.3 Å². The van der Waals surface area contributed by atoms with Gasteiger partial charge in [-0.3, -0.25) is 14.3 Å². The van der Waals surface area contributed by atoms with Gasteiger partial charge in [0.15, 0.2) is 16.0 Å². The van der Waals surface area contributed by atoms with Crippen molar-refractivity contribution in [3.8, 4) is 0 Å². The van der Waals surface area contributed by atoms with E-state index < -0.39 is 5.91 Å². The summed E-state index contributed by atoms with van der Waals surface area (Å²) in [7, 11) is 0. The van der Waals surface area contributed by atoms with E-state index in [4.69, 9.17) is 23.2 Å². The van der Waals surface area contributed by atoms with Gasteiger partial charge >= 0.3 is 0 Å². The molecule has 3 aromatic rings. The summed E-state index contributed by atoms with van der Waals surface area (Å²) in [5.41, 5.74) is 1.04. The first-order valence-electron chi connectivity index (χ1n) is 7.88. The average Bonchev–Trinajstić information content (AvgIpc) is 3.13. The van der Waals surface area contributed by atoms with Crippen molar-refractivity contribution in [3.63, 3.8) is 0 Å². The van der Waals surface area contributed by atoms with Crippen molar-refractivity contribution in [1.82, 2.24) is 19.7 Å². The van der Waals surface area contributed by atoms with Crippen molar-refractivity contribution in [2.75, 3.05) is 10.6 Å². The minimum atomic E-state index is -0.421. The van der Waals surface area contributed by atoms with Gasteiger partial charge in [0.1, 0.15) is 0 Å². The van der Waals surface area contributed by atoms with Crippen LogP contribution in [0.1, 0.15) is 16.9 Å². The summed E-state index contributed by atoms with van der Waals surface area (Å²) in [5, 5.41) is 9.87. The van der Waals surface area contributed by atoms with Crippen molar-refractivity contribution < 1.29 is 9.59 Å². The molecular formula is C17H14Cl2N6O2. The largest absolute Gasteiger partial charge is 0.323 e. The molecule has 10 heteroatoms. The molecule has 27 heavy (non-hydrogen) atoms. The lowest BCUT2D eigenvalue weighted by molar-refractivity contribution is -0.116. The molecule has 0 fully saturated rings. The van der Waals surface area contributed by atoms with E-state index in [1.54, 1.807) is 36.5 Å². The fourth-order valence-electron chi connectivity index (χ4n) is 2.18. The quantitative estimate of drug-likeness (QED) is 0.613. The number of carbonyl (C=O) groups excluding carboxylic acids is 2. The molecule has 0 aromatic carbocycles. The number of nitrogens with one attached hydrogen (secondary N) is 2. The van der Waals surface area contributed by atoms with E-state index in [-0.39, 0.29) is 28.3 Å². The highest BCUT2D eigenvalue weighted by molar-refractivity contribution is 6.32. The second-order valence-corrected chi connectivity index (χ2v) is 6.12. The van der Waals surface area contributed by atoms with Crippen molar-refractivity contribution in [2.45, 2.75) is 13.0 Å². The summed E-state index contributed by atoms with van der Waals surface area (Å²) in [6.07, 6.45) is 4.83. The molecule has 0 bridgehead atoms. The van der Waals surface area contributed by atoms with Crippen molar-refractivity contribution in [3.05, 3.63) is 64.9 Å². The van der Waals surface area contributed by atoms with E-state index in [2.05, 4.69) is 25.7 Å². The Balaban J connectivity index is 1.55. The molecule has 0 radical (unpaired) electrons. The second-order valence-electron chi connectivity index (χ2n) is 5.40. The van der Waals surface area contributed by atoms with Gasteiger partial charge < -0.3 is 10.6 Å². The smallest absolute Gasteiger partial charge is 0.276 e. The summed E-state index contributed by atoms with van der Waals surface area (Å²) in [6, 6.07) is 8.18. The summed E-state index contributed by atoms with van der Waals surface area (Å²) >= 11 is 11.8. The number of hydrogen-bond acceptors (Lipinski definition) is 5. The SMILES string of the molecule is O=C(CCn1ccc(C(=O)Nc2cccnc2Cl)n1)Nc1cccnc1Cl. The monoisotopic (exact) mass is 404 g/mol. The first kappa shape index (κ1) is 18.8. The lowest BCUT2D eigenvalue weighted by Gasteiger charge is -2.06. The van der Waals surface area contributed by atoms with Gasteiger partial charge in [-0.2, -0.15) is 5.10 Å². The predicted molar refractivity (Wildman–Crippen MR) is 102 cm³/mol. The van der Waals surface area contributed by atoms with Crippen LogP contribution in [0.3, 0.4) is 0 Å². The number of carbonyl (C=O) groups is 2. The van der Waals surface area contributed by atoms with E-state index in [9.17, 15) is 9.59 Å². The summed E-state index contributed by atoms with van der Waals surface area (Å²) in [5.74, 6) is -0.663. The first-order valence-corrected chi connectivity index (χ1v) is 8.64. The third-order valence-electron chi connectivity index (χ3n) is 3.48. The molecule has 8 nitrogen and oxygen atoms in total. The molecule has 3 aromatic heterocycles. The topological polar surface area (TPSA) is 102 Å². The van der Waals surface area contributed by atoms with Crippen LogP contribution in [0.25, 0.3) is 0 Å². The lowest BCUT2D eigenvalue weighted by Crippen LogP contribution is -2.16. The number of hydrogen-bond donors (Lipinski definition) is 2. The highest BCUT2D eigenvalue weighted by Gasteiger charge is 2.13. The van der Waals surface area contributed by atoms with Gasteiger partial charge in [0.2, 0.25) is 5.91 Å². The predicted octanol–water partition coefficient (Wildman–Crippen LogP) is 3.26. The van der Waals surface area contributed by atoms with Crippen LogP contribution in [-0.4, -0.2) is 31.6 Å². The van der Waals surface area contributed by atoms with Crippen LogP contribution in [0.4, 0.5) is 11.4 Å². The second kappa shape index (κ2) is 8.61. The normalized spacial score (nSPS) is 10.4. The molecule has 2 N–H and O–H groups in total. The molecule has 3 heterocycles. The zero-order valence-corrected chi connectivity index (χ0v) is 15.4. The summed E-state index contributed by atoms with van der Waals surface area (Å²) in [6.45, 7) is 0.296. The Morgan fingerprint density at radius 2 is 1.59 bits per heavy atom. The third kappa shape index (κ3) is 5.02. The maximum Gasteiger partial charge on any atom is 0.276 e. The van der Waals surface area contributed by atoms with Crippen LogP contribution >= 0.6 is 23.2 Å². The Bertz CT molecular complexity index is 975. The lowest BCUT2D eigenvalue weighted by atomic mass is 10.3. The van der Waals surface area contributed by atoms with Crippen LogP contribution < -0.4 is 10.6 Å². The Kier molecular flexibility index (Phi) is 6.00. The molecule has 138 valence electrons. The third-order valence-corrected chi connectivity index (χ3v) is 4.08. The fraction of sp³-hybridized carbons (Fsp3) is 0.118. The number of amides is 2. The molecule has 3 rings (SSSR count). The van der Waals surface area contributed by atoms with Crippen molar-refractivity contribution in [1.29, 1.82) is 0 Å². The minimum absolute atomic E-state index is 0.155. The van der Waals surface area contributed by atoms with Gasteiger partial charge in [-0.15, -0.1) is 0 Å². The standard InChI is InChI=1S/C17H14Cl2N6O2/c18-15-11(3-1-7-20-15)22-14(26)6-10-25-9-5-13(24-25)17(27)23-12-4-2-8-21-16(12)19/h1-5,7-9H,6,10H2,(H,22,26)(H,23,27). The molecule has 0 aliphatic carbocycles. The zero-order valence-electron chi connectivity index (χ0n) is 13.9. The van der Waals surface area contributed by atoms with Gasteiger partial charge in [-0.05, 0) is 30.3 Å². The number of rotatable bonds is 6. The Morgan fingerprint density at radius 3 is 2.22 bits per heavy atom. The Labute approximate surface area is 164 Å². The van der Waals surface area contributed by atoms with Gasteiger partial charge in [-0.1, -0.05) is 23.2 Å². The molecule has 0 aliphatic heterocycles. The van der Waals surface area contributed by atoms with Crippen LogP contribution in [0.5, 0.6) is 0 Å². The van der Waals surface area contributed by atoms with Gasteiger partial charge in [0.05, 0.1) is 11.4 Å². The van der Waals surface area contributed by atoms with Crippen LogP contribution in [0.15, 0.2) is 48.9 Å². The van der Waals surface area contributed by atoms with Gasteiger partial charge in [0, 0.05) is 31.6 Å². The molecular weight excluding hydrogens is 391 g/mol. The van der Waals surface area contributed by atoms with E-state index in [1.165, 1.54) is 17.1 Å². The molecule has 0 aliphatic rings. The molecule has 0 spiro atoms. The number of aromatic nitrogens is 4. The highest BCUT2D eigenvalue weighted by Crippen LogP contribution is 2.19. The van der Waals surface area contributed by atoms with E-state index in [0.717, 1.165) is 0 Å². The maximum atomic E-state index is 12.2. The molecule has 0 unspecified atom stereocenters. The van der Waals surface area contributed by atoms with Crippen LogP contribution in [-0.2, 0) is 11.3 Å². The number of anilines is 2. The van der Waals surface area contributed by atoms with E-state index >= 15 is 0 Å². The maximum absolute atomic E-state index is 12.2. The van der Waals surface area contributed by atoms with E-state index in [0.29, 0.717) is 17.9 Å². The van der Waals surface area contributed by atoms with Crippen LogP contribution in [0, 0.1) is 0 Å². The molecule has 2 amide bonds. The number of halogens is 2. The highest BCUT2D eigenvalue weighted by atomic mass is 35.5. The van der Waals surface area contributed by atoms with Gasteiger partial charge in [-0.25, -0.2) is 9.97 Å². The Hall–Kier alpha value is -2.97.